The van der Waals surface area contributed by atoms with Crippen LogP contribution < -0.4 is 0 Å². The van der Waals surface area contributed by atoms with E-state index in [0.717, 1.165) is 11.4 Å². The number of alkyl halides is 1. The number of carbonyl (C=O) groups excluding carboxylic acids is 1. The van der Waals surface area contributed by atoms with E-state index in [-0.39, 0.29) is 11.7 Å². The standard InChI is InChI=1S/C12H11ClN2O/c1-9-11(12(16)7-13)8-14-15(9)10-5-3-2-4-6-10/h2-6,8H,7H2,1H3. The maximum atomic E-state index is 11.5. The van der Waals surface area contributed by atoms with Crippen molar-refractivity contribution in [2.45, 2.75) is 6.92 Å². The Hall–Kier alpha value is -1.61. The number of nitrogens with zero attached hydrogens (tertiary/aromatic N) is 2. The van der Waals surface area contributed by atoms with Crippen LogP contribution in [0, 0.1) is 6.92 Å². The van der Waals surface area contributed by atoms with Gasteiger partial charge in [0.05, 0.1) is 29.0 Å². The van der Waals surface area contributed by atoms with Gasteiger partial charge in [-0.15, -0.1) is 11.6 Å². The highest BCUT2D eigenvalue weighted by molar-refractivity contribution is 6.30. The first kappa shape index (κ1) is 10.9. The SMILES string of the molecule is Cc1c(C(=O)CCl)cnn1-c1ccccc1. The predicted molar refractivity (Wildman–Crippen MR) is 63.4 cm³/mol. The first-order chi connectivity index (χ1) is 7.74. The second-order valence-corrected chi connectivity index (χ2v) is 3.72. The monoisotopic (exact) mass is 234 g/mol. The summed E-state index contributed by atoms with van der Waals surface area (Å²) in [6, 6.07) is 9.68. The summed E-state index contributed by atoms with van der Waals surface area (Å²) >= 11 is 5.53. The van der Waals surface area contributed by atoms with E-state index in [4.69, 9.17) is 11.6 Å². The lowest BCUT2D eigenvalue weighted by Crippen LogP contribution is -2.04. The van der Waals surface area contributed by atoms with Crippen molar-refractivity contribution < 1.29 is 4.79 Å². The van der Waals surface area contributed by atoms with Gasteiger partial charge < -0.3 is 0 Å². The maximum absolute atomic E-state index is 11.5. The minimum absolute atomic E-state index is 0.0126. The third kappa shape index (κ3) is 1.86. The topological polar surface area (TPSA) is 34.9 Å². The van der Waals surface area contributed by atoms with Crippen molar-refractivity contribution >= 4 is 17.4 Å². The number of aromatic nitrogens is 2. The molecule has 0 radical (unpaired) electrons. The Morgan fingerprint density at radius 1 is 1.38 bits per heavy atom. The molecule has 0 bridgehead atoms. The van der Waals surface area contributed by atoms with Crippen LogP contribution in [-0.2, 0) is 0 Å². The molecule has 0 aliphatic heterocycles. The fourth-order valence-corrected chi connectivity index (χ4v) is 1.73. The molecule has 0 fully saturated rings. The molecule has 1 aromatic carbocycles. The molecule has 0 saturated heterocycles. The van der Waals surface area contributed by atoms with Gasteiger partial charge >= 0.3 is 0 Å². The van der Waals surface area contributed by atoms with Crippen LogP contribution >= 0.6 is 11.6 Å². The Morgan fingerprint density at radius 2 is 2.06 bits per heavy atom. The fourth-order valence-electron chi connectivity index (χ4n) is 1.58. The molecule has 0 aliphatic rings. The Morgan fingerprint density at radius 3 is 2.69 bits per heavy atom. The van der Waals surface area contributed by atoms with Crippen LogP contribution in [0.5, 0.6) is 0 Å². The van der Waals surface area contributed by atoms with Gasteiger partial charge in [0.15, 0.2) is 5.78 Å². The number of halogens is 1. The molecular formula is C12H11ClN2O. The molecule has 0 aliphatic carbocycles. The van der Waals surface area contributed by atoms with Gasteiger partial charge in [-0.3, -0.25) is 4.79 Å². The molecule has 0 unspecified atom stereocenters. The second-order valence-electron chi connectivity index (χ2n) is 3.45. The zero-order valence-corrected chi connectivity index (χ0v) is 9.61. The average molecular weight is 235 g/mol. The van der Waals surface area contributed by atoms with Crippen LogP contribution in [0.15, 0.2) is 36.5 Å². The quantitative estimate of drug-likeness (QED) is 0.605. The van der Waals surface area contributed by atoms with Crippen LogP contribution in [0.4, 0.5) is 0 Å². The number of Topliss-reactive ketones (excluding diaryl/α,β-unsaturated/α-hetero) is 1. The Labute approximate surface area is 98.7 Å². The van der Waals surface area contributed by atoms with Crippen molar-refractivity contribution in [3.8, 4) is 5.69 Å². The lowest BCUT2D eigenvalue weighted by molar-refractivity contribution is 0.102. The molecule has 0 spiro atoms. The van der Waals surface area contributed by atoms with Crippen LogP contribution in [0.2, 0.25) is 0 Å². The zero-order chi connectivity index (χ0) is 11.5. The van der Waals surface area contributed by atoms with Crippen molar-refractivity contribution in [1.82, 2.24) is 9.78 Å². The molecule has 3 nitrogen and oxygen atoms in total. The van der Waals surface area contributed by atoms with Gasteiger partial charge in [-0.25, -0.2) is 4.68 Å². The molecule has 4 heteroatoms. The van der Waals surface area contributed by atoms with Crippen LogP contribution in [0.25, 0.3) is 5.69 Å². The highest BCUT2D eigenvalue weighted by atomic mass is 35.5. The van der Waals surface area contributed by atoms with Gasteiger partial charge in [0.25, 0.3) is 0 Å². The zero-order valence-electron chi connectivity index (χ0n) is 8.85. The van der Waals surface area contributed by atoms with Gasteiger partial charge in [-0.05, 0) is 19.1 Å². The lowest BCUT2D eigenvalue weighted by atomic mass is 10.2. The summed E-state index contributed by atoms with van der Waals surface area (Å²) in [5, 5.41) is 4.19. The molecular weight excluding hydrogens is 224 g/mol. The molecule has 0 N–H and O–H groups in total. The number of rotatable bonds is 3. The van der Waals surface area contributed by atoms with E-state index < -0.39 is 0 Å². The number of ketones is 1. The summed E-state index contributed by atoms with van der Waals surface area (Å²) in [5.74, 6) is -0.109. The third-order valence-corrected chi connectivity index (χ3v) is 2.68. The van der Waals surface area contributed by atoms with E-state index in [9.17, 15) is 4.79 Å². The van der Waals surface area contributed by atoms with Gasteiger partial charge in [0.2, 0.25) is 0 Å². The van der Waals surface area contributed by atoms with Crippen molar-refractivity contribution in [1.29, 1.82) is 0 Å². The van der Waals surface area contributed by atoms with E-state index in [2.05, 4.69) is 5.10 Å². The Kier molecular flexibility index (Phi) is 3.06. The summed E-state index contributed by atoms with van der Waals surface area (Å²) in [6.07, 6.45) is 1.56. The molecule has 1 aromatic heterocycles. The van der Waals surface area contributed by atoms with Crippen molar-refractivity contribution in [3.05, 3.63) is 47.8 Å². The average Bonchev–Trinajstić information content (AvgIpc) is 2.71. The van der Waals surface area contributed by atoms with E-state index >= 15 is 0 Å². The molecule has 16 heavy (non-hydrogen) atoms. The maximum Gasteiger partial charge on any atom is 0.181 e. The van der Waals surface area contributed by atoms with Gasteiger partial charge in [-0.2, -0.15) is 5.10 Å². The van der Waals surface area contributed by atoms with E-state index in [1.807, 2.05) is 37.3 Å². The normalized spacial score (nSPS) is 10.4. The fraction of sp³-hybridized carbons (Fsp3) is 0.167. The lowest BCUT2D eigenvalue weighted by Gasteiger charge is -2.04. The highest BCUT2D eigenvalue weighted by Gasteiger charge is 2.13. The van der Waals surface area contributed by atoms with Crippen LogP contribution in [0.3, 0.4) is 0 Å². The molecule has 2 rings (SSSR count). The van der Waals surface area contributed by atoms with Crippen molar-refractivity contribution in [3.63, 3.8) is 0 Å². The molecule has 0 saturated carbocycles. The van der Waals surface area contributed by atoms with Crippen molar-refractivity contribution in [2.75, 3.05) is 5.88 Å². The Bertz CT molecular complexity index is 505. The third-order valence-electron chi connectivity index (χ3n) is 2.43. The van der Waals surface area contributed by atoms with Gasteiger partial charge in [-0.1, -0.05) is 18.2 Å². The predicted octanol–water partition coefficient (Wildman–Crippen LogP) is 2.60. The minimum atomic E-state index is -0.0960. The van der Waals surface area contributed by atoms with Crippen molar-refractivity contribution in [2.24, 2.45) is 0 Å². The van der Waals surface area contributed by atoms with E-state index in [0.29, 0.717) is 5.56 Å². The summed E-state index contributed by atoms with van der Waals surface area (Å²) in [5.41, 5.74) is 2.34. The number of hydrogen-bond acceptors (Lipinski definition) is 2. The number of carbonyl (C=O) groups is 1. The van der Waals surface area contributed by atoms with Crippen LogP contribution in [-0.4, -0.2) is 21.4 Å². The number of benzene rings is 1. The second kappa shape index (κ2) is 4.49. The first-order valence-electron chi connectivity index (χ1n) is 4.93. The largest absolute Gasteiger partial charge is 0.293 e. The molecule has 0 atom stereocenters. The summed E-state index contributed by atoms with van der Waals surface area (Å²) in [6.45, 7) is 1.86. The van der Waals surface area contributed by atoms with Crippen LogP contribution in [0.1, 0.15) is 16.1 Å². The number of para-hydroxylation sites is 1. The smallest absolute Gasteiger partial charge is 0.181 e. The molecule has 82 valence electrons. The van der Waals surface area contributed by atoms with Gasteiger partial charge in [0.1, 0.15) is 0 Å². The highest BCUT2D eigenvalue weighted by Crippen LogP contribution is 2.14. The number of hydrogen-bond donors (Lipinski definition) is 0. The summed E-state index contributed by atoms with van der Waals surface area (Å²) in [4.78, 5) is 11.5. The first-order valence-corrected chi connectivity index (χ1v) is 5.46. The van der Waals surface area contributed by atoms with E-state index in [1.54, 1.807) is 10.9 Å². The molecule has 2 aromatic rings. The van der Waals surface area contributed by atoms with E-state index in [1.165, 1.54) is 0 Å². The molecule has 1 heterocycles. The molecule has 0 amide bonds. The van der Waals surface area contributed by atoms with Gasteiger partial charge in [0, 0.05) is 0 Å². The summed E-state index contributed by atoms with van der Waals surface area (Å²) < 4.78 is 1.74. The Balaban J connectivity index is 2.45. The summed E-state index contributed by atoms with van der Waals surface area (Å²) in [7, 11) is 0. The minimum Gasteiger partial charge on any atom is -0.293 e.